The number of carbonyl (C=O) groups is 1. The van der Waals surface area contributed by atoms with Crippen LogP contribution in [0.15, 0.2) is 24.3 Å². The van der Waals surface area contributed by atoms with Gasteiger partial charge < -0.3 is 0 Å². The summed E-state index contributed by atoms with van der Waals surface area (Å²) in [5.41, 5.74) is 0.435. The SMILES string of the molecule is N#CCN(CC#N)CCC(=O)c1ccc(F)cc1. The Morgan fingerprint density at radius 3 is 2.22 bits per heavy atom. The number of ketones is 1. The number of Topliss-reactive ketones (excluding diaryl/α,β-unsaturated/α-hetero) is 1. The quantitative estimate of drug-likeness (QED) is 0.565. The Balaban J connectivity index is 2.52. The Labute approximate surface area is 105 Å². The molecule has 0 N–H and O–H groups in total. The van der Waals surface area contributed by atoms with Gasteiger partial charge in [0.25, 0.3) is 0 Å². The van der Waals surface area contributed by atoms with Gasteiger partial charge in [0.05, 0.1) is 25.2 Å². The molecule has 0 fully saturated rings. The molecule has 0 heterocycles. The topological polar surface area (TPSA) is 67.9 Å². The van der Waals surface area contributed by atoms with Crippen molar-refractivity contribution in [3.8, 4) is 12.1 Å². The molecule has 0 aliphatic rings. The second kappa shape index (κ2) is 7.16. The van der Waals surface area contributed by atoms with E-state index >= 15 is 0 Å². The molecule has 0 aliphatic carbocycles. The van der Waals surface area contributed by atoms with E-state index in [1.165, 1.54) is 24.3 Å². The molecular formula is C13H12FN3O. The molecule has 0 unspecified atom stereocenters. The maximum atomic E-state index is 12.7. The highest BCUT2D eigenvalue weighted by Crippen LogP contribution is 2.06. The molecule has 0 saturated heterocycles. The van der Waals surface area contributed by atoms with Gasteiger partial charge in [-0.2, -0.15) is 10.5 Å². The van der Waals surface area contributed by atoms with Gasteiger partial charge in [0.15, 0.2) is 5.78 Å². The molecule has 0 aliphatic heterocycles. The smallest absolute Gasteiger partial charge is 0.164 e. The lowest BCUT2D eigenvalue weighted by Gasteiger charge is -2.14. The molecular weight excluding hydrogens is 233 g/mol. The Morgan fingerprint density at radius 2 is 1.72 bits per heavy atom. The lowest BCUT2D eigenvalue weighted by Crippen LogP contribution is -2.27. The van der Waals surface area contributed by atoms with Crippen molar-refractivity contribution in [3.05, 3.63) is 35.6 Å². The first-order valence-corrected chi connectivity index (χ1v) is 5.42. The number of halogens is 1. The molecule has 92 valence electrons. The van der Waals surface area contributed by atoms with Gasteiger partial charge in [-0.05, 0) is 24.3 Å². The molecule has 0 saturated carbocycles. The van der Waals surface area contributed by atoms with E-state index in [0.717, 1.165) is 0 Å². The third kappa shape index (κ3) is 4.32. The number of nitriles is 2. The van der Waals surface area contributed by atoms with E-state index < -0.39 is 0 Å². The van der Waals surface area contributed by atoms with Crippen molar-refractivity contribution < 1.29 is 9.18 Å². The van der Waals surface area contributed by atoms with Crippen LogP contribution in [0.4, 0.5) is 4.39 Å². The Kier molecular flexibility index (Phi) is 5.50. The molecule has 0 bridgehead atoms. The molecule has 0 radical (unpaired) electrons. The van der Waals surface area contributed by atoms with Crippen LogP contribution in [0, 0.1) is 28.5 Å². The second-order valence-corrected chi connectivity index (χ2v) is 3.71. The summed E-state index contributed by atoms with van der Waals surface area (Å²) in [6.45, 7) is 0.575. The second-order valence-electron chi connectivity index (χ2n) is 3.71. The minimum absolute atomic E-state index is 0.115. The highest BCUT2D eigenvalue weighted by atomic mass is 19.1. The van der Waals surface area contributed by atoms with E-state index in [-0.39, 0.29) is 31.1 Å². The molecule has 0 amide bonds. The standard InChI is InChI=1S/C13H12FN3O/c14-12-3-1-11(2-4-12)13(18)5-8-17(9-6-15)10-7-16/h1-4H,5,8-10H2. The van der Waals surface area contributed by atoms with Crippen molar-refractivity contribution >= 4 is 5.78 Å². The molecule has 1 aromatic carbocycles. The fourth-order valence-corrected chi connectivity index (χ4v) is 1.45. The van der Waals surface area contributed by atoms with Gasteiger partial charge >= 0.3 is 0 Å². The third-order valence-electron chi connectivity index (χ3n) is 2.41. The van der Waals surface area contributed by atoms with Crippen molar-refractivity contribution in [3.63, 3.8) is 0 Å². The van der Waals surface area contributed by atoms with E-state index in [1.54, 1.807) is 4.90 Å². The predicted octanol–water partition coefficient (Wildman–Crippen LogP) is 1.75. The van der Waals surface area contributed by atoms with Gasteiger partial charge in [-0.25, -0.2) is 4.39 Å². The third-order valence-corrected chi connectivity index (χ3v) is 2.41. The fraction of sp³-hybridized carbons (Fsp3) is 0.308. The normalized spacial score (nSPS) is 9.78. The zero-order chi connectivity index (χ0) is 13.4. The Hall–Kier alpha value is -2.24. The van der Waals surface area contributed by atoms with Gasteiger partial charge in [0, 0.05) is 18.5 Å². The average molecular weight is 245 g/mol. The van der Waals surface area contributed by atoms with E-state index in [1.807, 2.05) is 12.1 Å². The lowest BCUT2D eigenvalue weighted by molar-refractivity contribution is 0.0969. The van der Waals surface area contributed by atoms with Crippen molar-refractivity contribution in [2.24, 2.45) is 0 Å². The number of hydrogen-bond acceptors (Lipinski definition) is 4. The minimum atomic E-state index is -0.387. The van der Waals surface area contributed by atoms with E-state index in [4.69, 9.17) is 10.5 Å². The zero-order valence-electron chi connectivity index (χ0n) is 9.77. The van der Waals surface area contributed by atoms with Gasteiger partial charge in [-0.1, -0.05) is 0 Å². The minimum Gasteiger partial charge on any atom is -0.294 e. The van der Waals surface area contributed by atoms with Crippen molar-refractivity contribution in [2.75, 3.05) is 19.6 Å². The first kappa shape index (κ1) is 13.8. The zero-order valence-corrected chi connectivity index (χ0v) is 9.77. The summed E-state index contributed by atoms with van der Waals surface area (Å²) in [5, 5.41) is 17.1. The van der Waals surface area contributed by atoms with Crippen LogP contribution in [0.1, 0.15) is 16.8 Å². The maximum absolute atomic E-state index is 12.7. The number of rotatable bonds is 6. The van der Waals surface area contributed by atoms with E-state index in [0.29, 0.717) is 12.1 Å². The molecule has 0 spiro atoms. The monoisotopic (exact) mass is 245 g/mol. The van der Waals surface area contributed by atoms with E-state index in [9.17, 15) is 9.18 Å². The molecule has 1 aromatic rings. The average Bonchev–Trinajstić information content (AvgIpc) is 2.37. The van der Waals surface area contributed by atoms with Crippen molar-refractivity contribution in [2.45, 2.75) is 6.42 Å². The first-order valence-electron chi connectivity index (χ1n) is 5.42. The summed E-state index contributed by atoms with van der Waals surface area (Å²) in [6, 6.07) is 9.19. The van der Waals surface area contributed by atoms with Gasteiger partial charge in [-0.3, -0.25) is 9.69 Å². The summed E-state index contributed by atoms with van der Waals surface area (Å²) >= 11 is 0. The first-order chi connectivity index (χ1) is 8.67. The largest absolute Gasteiger partial charge is 0.294 e. The highest BCUT2D eigenvalue weighted by Gasteiger charge is 2.09. The van der Waals surface area contributed by atoms with E-state index in [2.05, 4.69) is 0 Å². The molecule has 0 aromatic heterocycles. The Bertz CT molecular complexity index is 468. The lowest BCUT2D eigenvalue weighted by atomic mass is 10.1. The molecule has 4 nitrogen and oxygen atoms in total. The van der Waals surface area contributed by atoms with Crippen LogP contribution in [0.3, 0.4) is 0 Å². The van der Waals surface area contributed by atoms with Crippen LogP contribution >= 0.6 is 0 Å². The van der Waals surface area contributed by atoms with Crippen LogP contribution in [-0.2, 0) is 0 Å². The maximum Gasteiger partial charge on any atom is 0.164 e. The summed E-state index contributed by atoms with van der Waals surface area (Å²) in [4.78, 5) is 13.3. The molecule has 18 heavy (non-hydrogen) atoms. The van der Waals surface area contributed by atoms with Gasteiger partial charge in [-0.15, -0.1) is 0 Å². The molecule has 5 heteroatoms. The number of carbonyl (C=O) groups excluding carboxylic acids is 1. The summed E-state index contributed by atoms with van der Waals surface area (Å²) < 4.78 is 12.7. The molecule has 0 atom stereocenters. The number of nitrogens with zero attached hydrogens (tertiary/aromatic N) is 3. The Morgan fingerprint density at radius 1 is 1.17 bits per heavy atom. The van der Waals surface area contributed by atoms with Crippen LogP contribution in [0.25, 0.3) is 0 Å². The summed E-state index contributed by atoms with van der Waals surface area (Å²) in [7, 11) is 0. The highest BCUT2D eigenvalue weighted by molar-refractivity contribution is 5.96. The van der Waals surface area contributed by atoms with Crippen molar-refractivity contribution in [1.29, 1.82) is 10.5 Å². The molecule has 1 rings (SSSR count). The van der Waals surface area contributed by atoms with Gasteiger partial charge in [0.2, 0.25) is 0 Å². The summed E-state index contributed by atoms with van der Waals surface area (Å²) in [5.74, 6) is -0.516. The fourth-order valence-electron chi connectivity index (χ4n) is 1.45. The number of hydrogen-bond donors (Lipinski definition) is 0. The van der Waals surface area contributed by atoms with Crippen molar-refractivity contribution in [1.82, 2.24) is 4.90 Å². The van der Waals surface area contributed by atoms with Gasteiger partial charge in [0.1, 0.15) is 5.82 Å². The van der Waals surface area contributed by atoms with Crippen LogP contribution in [0.5, 0.6) is 0 Å². The van der Waals surface area contributed by atoms with Crippen LogP contribution < -0.4 is 0 Å². The van der Waals surface area contributed by atoms with Crippen LogP contribution in [-0.4, -0.2) is 30.3 Å². The number of benzene rings is 1. The van der Waals surface area contributed by atoms with Crippen LogP contribution in [0.2, 0.25) is 0 Å². The summed E-state index contributed by atoms with van der Waals surface area (Å²) in [6.07, 6.45) is 0.203. The predicted molar refractivity (Wildman–Crippen MR) is 63.0 cm³/mol.